The molecule has 0 aliphatic heterocycles. The van der Waals surface area contributed by atoms with Gasteiger partial charge < -0.3 is 11.5 Å². The van der Waals surface area contributed by atoms with Gasteiger partial charge >= 0.3 is 0 Å². The number of anilines is 2. The fourth-order valence-corrected chi connectivity index (χ4v) is 2.32. The Balaban J connectivity index is 2.00. The summed E-state index contributed by atoms with van der Waals surface area (Å²) in [7, 11) is 0. The minimum atomic E-state index is 0.389. The number of nitrogen functional groups attached to an aromatic ring is 2. The van der Waals surface area contributed by atoms with Crippen LogP contribution >= 0.6 is 11.8 Å². The van der Waals surface area contributed by atoms with Gasteiger partial charge in [0.05, 0.1) is 5.69 Å². The van der Waals surface area contributed by atoms with Gasteiger partial charge in [-0.25, -0.2) is 9.97 Å². The minimum absolute atomic E-state index is 0.389. The fourth-order valence-electron chi connectivity index (χ4n) is 1.55. The molecule has 1 unspecified atom stereocenters. The predicted molar refractivity (Wildman–Crippen MR) is 77.6 cm³/mol. The second-order valence-corrected chi connectivity index (χ2v) is 5.28. The van der Waals surface area contributed by atoms with Gasteiger partial charge in [0.15, 0.2) is 5.16 Å². The molecule has 0 bridgehead atoms. The van der Waals surface area contributed by atoms with E-state index in [1.165, 1.54) is 11.8 Å². The lowest BCUT2D eigenvalue weighted by Gasteiger charge is -2.08. The zero-order chi connectivity index (χ0) is 13.8. The second-order valence-electron chi connectivity index (χ2n) is 4.33. The van der Waals surface area contributed by atoms with E-state index in [-0.39, 0.29) is 0 Å². The van der Waals surface area contributed by atoms with Crippen molar-refractivity contribution >= 4 is 23.4 Å². The first kappa shape index (κ1) is 13.7. The first-order valence-corrected chi connectivity index (χ1v) is 7.14. The largest absolute Gasteiger partial charge is 0.383 e. The maximum absolute atomic E-state index is 5.63. The van der Waals surface area contributed by atoms with Crippen LogP contribution in [0.2, 0.25) is 0 Å². The SMILES string of the molecule is CCC(C)n1ccc(CSc2nc(N)cc(N)n2)n1. The first-order chi connectivity index (χ1) is 9.08. The molecule has 0 saturated heterocycles. The van der Waals surface area contributed by atoms with Crippen molar-refractivity contribution in [3.8, 4) is 0 Å². The molecular weight excluding hydrogens is 260 g/mol. The van der Waals surface area contributed by atoms with Crippen molar-refractivity contribution in [2.24, 2.45) is 0 Å². The van der Waals surface area contributed by atoms with Crippen molar-refractivity contribution in [2.45, 2.75) is 37.2 Å². The molecule has 2 rings (SSSR count). The third-order valence-electron chi connectivity index (χ3n) is 2.80. The molecule has 2 heterocycles. The van der Waals surface area contributed by atoms with Crippen molar-refractivity contribution in [3.05, 3.63) is 24.0 Å². The Kier molecular flexibility index (Phi) is 4.26. The van der Waals surface area contributed by atoms with E-state index in [4.69, 9.17) is 11.5 Å². The summed E-state index contributed by atoms with van der Waals surface area (Å²) in [5.41, 5.74) is 12.2. The molecule has 0 aromatic carbocycles. The van der Waals surface area contributed by atoms with Gasteiger partial charge in [-0.3, -0.25) is 4.68 Å². The van der Waals surface area contributed by atoms with Crippen molar-refractivity contribution in [1.29, 1.82) is 0 Å². The molecule has 7 heteroatoms. The normalized spacial score (nSPS) is 12.5. The standard InChI is InChI=1S/C12H18N6S/c1-3-8(2)18-5-4-9(17-18)7-19-12-15-10(13)6-11(14)16-12/h4-6,8H,3,7H2,1-2H3,(H4,13,14,15,16). The number of hydrogen-bond donors (Lipinski definition) is 2. The second kappa shape index (κ2) is 5.92. The molecule has 0 spiro atoms. The topological polar surface area (TPSA) is 95.6 Å². The lowest BCUT2D eigenvalue weighted by atomic mass is 10.3. The number of rotatable bonds is 5. The van der Waals surface area contributed by atoms with Gasteiger partial charge in [-0.05, 0) is 19.4 Å². The molecule has 0 saturated carbocycles. The lowest BCUT2D eigenvalue weighted by Crippen LogP contribution is -2.04. The predicted octanol–water partition coefficient (Wildman–Crippen LogP) is 2.10. The van der Waals surface area contributed by atoms with Gasteiger partial charge in [0.1, 0.15) is 11.6 Å². The first-order valence-electron chi connectivity index (χ1n) is 6.15. The zero-order valence-electron chi connectivity index (χ0n) is 11.1. The van der Waals surface area contributed by atoms with Crippen LogP contribution in [-0.2, 0) is 5.75 Å². The monoisotopic (exact) mass is 278 g/mol. The van der Waals surface area contributed by atoms with Gasteiger partial charge in [0, 0.05) is 24.1 Å². The highest BCUT2D eigenvalue weighted by Crippen LogP contribution is 2.21. The van der Waals surface area contributed by atoms with Gasteiger partial charge in [-0.1, -0.05) is 18.7 Å². The van der Waals surface area contributed by atoms with Crippen LogP contribution in [0.15, 0.2) is 23.5 Å². The van der Waals surface area contributed by atoms with Crippen LogP contribution in [0, 0.1) is 0 Å². The summed E-state index contributed by atoms with van der Waals surface area (Å²) in [4.78, 5) is 8.24. The molecule has 19 heavy (non-hydrogen) atoms. The van der Waals surface area contributed by atoms with Gasteiger partial charge in [0.2, 0.25) is 0 Å². The molecule has 102 valence electrons. The van der Waals surface area contributed by atoms with Gasteiger partial charge in [-0.2, -0.15) is 5.10 Å². The van der Waals surface area contributed by atoms with E-state index in [1.54, 1.807) is 6.07 Å². The summed E-state index contributed by atoms with van der Waals surface area (Å²) < 4.78 is 1.98. The molecule has 0 aliphatic carbocycles. The zero-order valence-corrected chi connectivity index (χ0v) is 11.9. The van der Waals surface area contributed by atoms with E-state index >= 15 is 0 Å². The van der Waals surface area contributed by atoms with E-state index in [9.17, 15) is 0 Å². The minimum Gasteiger partial charge on any atom is -0.383 e. The number of nitrogens with two attached hydrogens (primary N) is 2. The number of aromatic nitrogens is 4. The summed E-state index contributed by atoms with van der Waals surface area (Å²) in [6, 6.07) is 3.97. The van der Waals surface area contributed by atoms with Crippen LogP contribution in [0.3, 0.4) is 0 Å². The third kappa shape index (κ3) is 3.60. The molecule has 1 atom stereocenters. The van der Waals surface area contributed by atoms with Crippen LogP contribution in [0.25, 0.3) is 0 Å². The lowest BCUT2D eigenvalue weighted by molar-refractivity contribution is 0.475. The van der Waals surface area contributed by atoms with Crippen molar-refractivity contribution in [1.82, 2.24) is 19.7 Å². The van der Waals surface area contributed by atoms with E-state index in [0.29, 0.717) is 28.6 Å². The van der Waals surface area contributed by atoms with Crippen LogP contribution in [0.1, 0.15) is 32.0 Å². The van der Waals surface area contributed by atoms with E-state index in [2.05, 4.69) is 28.9 Å². The Hall–Kier alpha value is -1.76. The molecule has 4 N–H and O–H groups in total. The van der Waals surface area contributed by atoms with Gasteiger partial charge in [-0.15, -0.1) is 0 Å². The van der Waals surface area contributed by atoms with Crippen molar-refractivity contribution in [2.75, 3.05) is 11.5 Å². The summed E-state index contributed by atoms with van der Waals surface area (Å²) in [6.45, 7) is 4.29. The number of hydrogen-bond acceptors (Lipinski definition) is 6. The average molecular weight is 278 g/mol. The van der Waals surface area contributed by atoms with E-state index in [0.717, 1.165) is 12.1 Å². The Morgan fingerprint density at radius 3 is 2.63 bits per heavy atom. The molecule has 2 aromatic rings. The molecule has 2 aromatic heterocycles. The summed E-state index contributed by atoms with van der Waals surface area (Å²) in [6.07, 6.45) is 3.06. The molecule has 0 radical (unpaired) electrons. The van der Waals surface area contributed by atoms with Crippen LogP contribution in [0.5, 0.6) is 0 Å². The summed E-state index contributed by atoms with van der Waals surface area (Å²) in [5, 5.41) is 5.10. The average Bonchev–Trinajstić information content (AvgIpc) is 2.83. The Morgan fingerprint density at radius 2 is 2.00 bits per heavy atom. The van der Waals surface area contributed by atoms with Crippen LogP contribution in [0.4, 0.5) is 11.6 Å². The molecule has 0 amide bonds. The number of thioether (sulfide) groups is 1. The Labute approximate surface area is 116 Å². The van der Waals surface area contributed by atoms with E-state index in [1.807, 2.05) is 16.9 Å². The Bertz CT molecular complexity index is 533. The Morgan fingerprint density at radius 1 is 1.32 bits per heavy atom. The quantitative estimate of drug-likeness (QED) is 0.642. The van der Waals surface area contributed by atoms with Crippen molar-refractivity contribution in [3.63, 3.8) is 0 Å². The van der Waals surface area contributed by atoms with Crippen LogP contribution in [-0.4, -0.2) is 19.7 Å². The molecule has 6 nitrogen and oxygen atoms in total. The smallest absolute Gasteiger partial charge is 0.191 e. The van der Waals surface area contributed by atoms with E-state index < -0.39 is 0 Å². The molecular formula is C12H18N6S. The molecule has 0 aliphatic rings. The summed E-state index contributed by atoms with van der Waals surface area (Å²) >= 11 is 1.48. The highest BCUT2D eigenvalue weighted by atomic mass is 32.2. The highest BCUT2D eigenvalue weighted by molar-refractivity contribution is 7.98. The summed E-state index contributed by atoms with van der Waals surface area (Å²) in [5.74, 6) is 1.48. The van der Waals surface area contributed by atoms with Gasteiger partial charge in [0.25, 0.3) is 0 Å². The number of nitrogens with zero attached hydrogens (tertiary/aromatic N) is 4. The highest BCUT2D eigenvalue weighted by Gasteiger charge is 2.07. The fraction of sp³-hybridized carbons (Fsp3) is 0.417. The third-order valence-corrected chi connectivity index (χ3v) is 3.68. The van der Waals surface area contributed by atoms with Crippen LogP contribution < -0.4 is 11.5 Å². The maximum atomic E-state index is 5.63. The maximum Gasteiger partial charge on any atom is 0.191 e. The van der Waals surface area contributed by atoms with Crippen molar-refractivity contribution < 1.29 is 0 Å². The molecule has 0 fully saturated rings.